The summed E-state index contributed by atoms with van der Waals surface area (Å²) in [6.07, 6.45) is 6.71. The van der Waals surface area contributed by atoms with Crippen LogP contribution in [0.5, 0.6) is 0 Å². The Morgan fingerprint density at radius 3 is 2.47 bits per heavy atom. The molecule has 19 heavy (non-hydrogen) atoms. The first kappa shape index (κ1) is 14.5. The maximum atomic E-state index is 5.11. The van der Waals surface area contributed by atoms with E-state index in [4.69, 9.17) is 4.74 Å². The minimum absolute atomic E-state index is 0.475. The van der Waals surface area contributed by atoms with Crippen LogP contribution >= 0.6 is 0 Å². The van der Waals surface area contributed by atoms with E-state index in [0.717, 1.165) is 19.7 Å². The normalized spacial score (nSPS) is 17.8. The standard InChI is InChI=1S/C17H27NO/c1-15-5-7-16(8-6-15)13-17(9-3-4-10-17)14-18-11-12-19-2/h5-8,18H,3-4,9-14H2,1-2H3. The van der Waals surface area contributed by atoms with Crippen molar-refractivity contribution in [1.29, 1.82) is 0 Å². The molecule has 0 amide bonds. The van der Waals surface area contributed by atoms with Crippen LogP contribution in [-0.2, 0) is 11.2 Å². The SMILES string of the molecule is COCCNCC1(Cc2ccc(C)cc2)CCCC1. The quantitative estimate of drug-likeness (QED) is 0.760. The molecule has 1 aliphatic rings. The van der Waals surface area contributed by atoms with Crippen LogP contribution in [0.2, 0.25) is 0 Å². The highest BCUT2D eigenvalue weighted by Crippen LogP contribution is 2.40. The molecular formula is C17H27NO. The van der Waals surface area contributed by atoms with Crippen molar-refractivity contribution in [3.8, 4) is 0 Å². The van der Waals surface area contributed by atoms with Gasteiger partial charge in [-0.25, -0.2) is 0 Å². The van der Waals surface area contributed by atoms with Crippen molar-refractivity contribution in [1.82, 2.24) is 5.32 Å². The second-order valence-corrected chi connectivity index (χ2v) is 6.04. The predicted molar refractivity (Wildman–Crippen MR) is 80.5 cm³/mol. The second-order valence-electron chi connectivity index (χ2n) is 6.04. The van der Waals surface area contributed by atoms with Crippen LogP contribution in [0.25, 0.3) is 0 Å². The third kappa shape index (κ3) is 4.32. The van der Waals surface area contributed by atoms with Gasteiger partial charge in [-0.2, -0.15) is 0 Å². The molecule has 1 saturated carbocycles. The van der Waals surface area contributed by atoms with Crippen molar-refractivity contribution < 1.29 is 4.74 Å². The first-order valence-electron chi connectivity index (χ1n) is 7.49. The third-order valence-corrected chi connectivity index (χ3v) is 4.35. The van der Waals surface area contributed by atoms with E-state index >= 15 is 0 Å². The Morgan fingerprint density at radius 1 is 1.16 bits per heavy atom. The molecule has 1 aromatic rings. The monoisotopic (exact) mass is 261 g/mol. The highest BCUT2D eigenvalue weighted by molar-refractivity contribution is 5.22. The van der Waals surface area contributed by atoms with Crippen LogP contribution in [0.3, 0.4) is 0 Å². The molecule has 0 bridgehead atoms. The number of ether oxygens (including phenoxy) is 1. The molecular weight excluding hydrogens is 234 g/mol. The van der Waals surface area contributed by atoms with Gasteiger partial charge in [-0.05, 0) is 37.2 Å². The highest BCUT2D eigenvalue weighted by Gasteiger charge is 2.33. The lowest BCUT2D eigenvalue weighted by Crippen LogP contribution is -2.35. The molecule has 0 spiro atoms. The van der Waals surface area contributed by atoms with Gasteiger partial charge in [0.15, 0.2) is 0 Å². The molecule has 0 atom stereocenters. The zero-order chi connectivity index (χ0) is 13.6. The molecule has 0 radical (unpaired) electrons. The van der Waals surface area contributed by atoms with Crippen LogP contribution in [0.15, 0.2) is 24.3 Å². The predicted octanol–water partition coefficient (Wildman–Crippen LogP) is 3.33. The molecule has 0 unspecified atom stereocenters. The molecule has 1 aromatic carbocycles. The molecule has 0 saturated heterocycles. The molecule has 1 aliphatic carbocycles. The maximum absolute atomic E-state index is 5.11. The van der Waals surface area contributed by atoms with Gasteiger partial charge in [0, 0.05) is 20.2 Å². The average molecular weight is 261 g/mol. The van der Waals surface area contributed by atoms with Crippen molar-refractivity contribution in [2.75, 3.05) is 26.8 Å². The number of hydrogen-bond donors (Lipinski definition) is 1. The second kappa shape index (κ2) is 7.06. The van der Waals surface area contributed by atoms with Gasteiger partial charge in [-0.3, -0.25) is 0 Å². The van der Waals surface area contributed by atoms with Crippen LogP contribution in [-0.4, -0.2) is 26.8 Å². The molecule has 1 fully saturated rings. The summed E-state index contributed by atoms with van der Waals surface area (Å²) in [5.41, 5.74) is 3.31. The fraction of sp³-hybridized carbons (Fsp3) is 0.647. The lowest BCUT2D eigenvalue weighted by atomic mass is 9.80. The van der Waals surface area contributed by atoms with Crippen molar-refractivity contribution in [3.63, 3.8) is 0 Å². The van der Waals surface area contributed by atoms with Gasteiger partial charge in [0.2, 0.25) is 0 Å². The fourth-order valence-corrected chi connectivity index (χ4v) is 3.21. The molecule has 2 rings (SSSR count). The molecule has 2 nitrogen and oxygen atoms in total. The minimum Gasteiger partial charge on any atom is -0.383 e. The number of hydrogen-bond acceptors (Lipinski definition) is 2. The highest BCUT2D eigenvalue weighted by atomic mass is 16.5. The summed E-state index contributed by atoms with van der Waals surface area (Å²) < 4.78 is 5.11. The number of aryl methyl sites for hydroxylation is 1. The third-order valence-electron chi connectivity index (χ3n) is 4.35. The number of rotatable bonds is 7. The van der Waals surface area contributed by atoms with E-state index in [1.54, 1.807) is 7.11 Å². The molecule has 0 aromatic heterocycles. The van der Waals surface area contributed by atoms with E-state index in [0.29, 0.717) is 5.41 Å². The Hall–Kier alpha value is -0.860. The summed E-state index contributed by atoms with van der Waals surface area (Å²) in [5.74, 6) is 0. The molecule has 0 heterocycles. The van der Waals surface area contributed by atoms with Crippen LogP contribution < -0.4 is 5.32 Å². The molecule has 0 aliphatic heterocycles. The largest absolute Gasteiger partial charge is 0.383 e. The van der Waals surface area contributed by atoms with E-state index in [2.05, 4.69) is 36.5 Å². The van der Waals surface area contributed by atoms with E-state index in [-0.39, 0.29) is 0 Å². The smallest absolute Gasteiger partial charge is 0.0587 e. The Bertz CT molecular complexity index is 365. The summed E-state index contributed by atoms with van der Waals surface area (Å²) in [6, 6.07) is 9.06. The summed E-state index contributed by atoms with van der Waals surface area (Å²) in [6.45, 7) is 5.05. The van der Waals surface area contributed by atoms with Gasteiger partial charge in [0.25, 0.3) is 0 Å². The minimum atomic E-state index is 0.475. The molecule has 1 N–H and O–H groups in total. The summed E-state index contributed by atoms with van der Waals surface area (Å²) >= 11 is 0. The van der Waals surface area contributed by atoms with Crippen molar-refractivity contribution >= 4 is 0 Å². The van der Waals surface area contributed by atoms with Crippen molar-refractivity contribution in [3.05, 3.63) is 35.4 Å². The molecule has 106 valence electrons. The lowest BCUT2D eigenvalue weighted by molar-refractivity contribution is 0.190. The summed E-state index contributed by atoms with van der Waals surface area (Å²) in [7, 11) is 1.76. The summed E-state index contributed by atoms with van der Waals surface area (Å²) in [5, 5.41) is 3.58. The Morgan fingerprint density at radius 2 is 1.84 bits per heavy atom. The van der Waals surface area contributed by atoms with Crippen LogP contribution in [0.4, 0.5) is 0 Å². The topological polar surface area (TPSA) is 21.3 Å². The Balaban J connectivity index is 1.93. The van der Waals surface area contributed by atoms with Crippen LogP contribution in [0.1, 0.15) is 36.8 Å². The van der Waals surface area contributed by atoms with Gasteiger partial charge in [0.1, 0.15) is 0 Å². The van der Waals surface area contributed by atoms with E-state index in [1.165, 1.54) is 43.2 Å². The van der Waals surface area contributed by atoms with E-state index in [1.807, 2.05) is 0 Å². The van der Waals surface area contributed by atoms with Gasteiger partial charge < -0.3 is 10.1 Å². The maximum Gasteiger partial charge on any atom is 0.0587 e. The van der Waals surface area contributed by atoms with Gasteiger partial charge in [0.05, 0.1) is 6.61 Å². The first-order valence-corrected chi connectivity index (χ1v) is 7.49. The zero-order valence-corrected chi connectivity index (χ0v) is 12.4. The number of methoxy groups -OCH3 is 1. The van der Waals surface area contributed by atoms with Crippen molar-refractivity contribution in [2.45, 2.75) is 39.0 Å². The summed E-state index contributed by atoms with van der Waals surface area (Å²) in [4.78, 5) is 0. The number of nitrogens with one attached hydrogen (secondary N) is 1. The van der Waals surface area contributed by atoms with Gasteiger partial charge >= 0.3 is 0 Å². The average Bonchev–Trinajstić information content (AvgIpc) is 2.87. The number of benzene rings is 1. The molecule has 2 heteroatoms. The van der Waals surface area contributed by atoms with Gasteiger partial charge in [-0.15, -0.1) is 0 Å². The Labute approximate surface area is 117 Å². The fourth-order valence-electron chi connectivity index (χ4n) is 3.21. The lowest BCUT2D eigenvalue weighted by Gasteiger charge is -2.29. The van der Waals surface area contributed by atoms with Gasteiger partial charge in [-0.1, -0.05) is 42.7 Å². The zero-order valence-electron chi connectivity index (χ0n) is 12.4. The Kier molecular flexibility index (Phi) is 5.41. The first-order chi connectivity index (χ1) is 9.24. The van der Waals surface area contributed by atoms with Crippen LogP contribution in [0, 0.1) is 12.3 Å². The van der Waals surface area contributed by atoms with E-state index in [9.17, 15) is 0 Å². The van der Waals surface area contributed by atoms with Crippen molar-refractivity contribution in [2.24, 2.45) is 5.41 Å². The van der Waals surface area contributed by atoms with E-state index < -0.39 is 0 Å².